The molecule has 146 valence electrons. The van der Waals surface area contributed by atoms with Crippen molar-refractivity contribution >= 4 is 21.7 Å². The highest BCUT2D eigenvalue weighted by Crippen LogP contribution is 2.14. The number of furan rings is 1. The first-order chi connectivity index (χ1) is 12.7. The molecule has 2 aromatic rings. The van der Waals surface area contributed by atoms with Gasteiger partial charge in [0.2, 0.25) is 0 Å². The van der Waals surface area contributed by atoms with E-state index < -0.39 is 21.7 Å². The highest BCUT2D eigenvalue weighted by molar-refractivity contribution is 7.89. The van der Waals surface area contributed by atoms with Crippen LogP contribution >= 0.6 is 0 Å². The average molecular weight is 395 g/mol. The van der Waals surface area contributed by atoms with Gasteiger partial charge in [0.1, 0.15) is 17.3 Å². The number of carbonyl (C=O) groups is 2. The van der Waals surface area contributed by atoms with E-state index in [0.29, 0.717) is 18.8 Å². The lowest BCUT2D eigenvalue weighted by Crippen LogP contribution is -2.22. The Morgan fingerprint density at radius 3 is 2.48 bits per heavy atom. The summed E-state index contributed by atoms with van der Waals surface area (Å²) in [6.45, 7) is 0.580. The summed E-state index contributed by atoms with van der Waals surface area (Å²) in [5.41, 5.74) is 0.837. The lowest BCUT2D eigenvalue weighted by atomic mass is 10.2. The number of hydrogen-bond acceptors (Lipinski definition) is 6. The molecule has 0 unspecified atom stereocenters. The third-order valence-corrected chi connectivity index (χ3v) is 4.28. The standard InChI is InChI=1S/C18H21NO7S/c1-27(23,24)12-15-8-9-16(26-15)18(22)19-11-13-4-6-14(7-5-13)25-10-2-3-17(20)21/h4-9H,2-3,10-12H2,1H3,(H,19,22)(H,20,21). The first kappa shape index (κ1) is 20.5. The minimum absolute atomic E-state index is 0.0482. The number of ether oxygens (including phenoxy) is 1. The van der Waals surface area contributed by atoms with E-state index >= 15 is 0 Å². The maximum Gasteiger partial charge on any atom is 0.303 e. The number of carbonyl (C=O) groups excluding carboxylic acids is 1. The van der Waals surface area contributed by atoms with Crippen molar-refractivity contribution in [2.24, 2.45) is 0 Å². The largest absolute Gasteiger partial charge is 0.494 e. The van der Waals surface area contributed by atoms with Gasteiger partial charge in [0, 0.05) is 19.2 Å². The van der Waals surface area contributed by atoms with Crippen LogP contribution in [0.3, 0.4) is 0 Å². The molecule has 0 saturated heterocycles. The second kappa shape index (κ2) is 9.22. The third kappa shape index (κ3) is 7.53. The van der Waals surface area contributed by atoms with Crippen LogP contribution in [0.1, 0.15) is 34.7 Å². The minimum Gasteiger partial charge on any atom is -0.494 e. The summed E-state index contributed by atoms with van der Waals surface area (Å²) >= 11 is 0. The van der Waals surface area contributed by atoms with Crippen molar-refractivity contribution in [2.75, 3.05) is 12.9 Å². The van der Waals surface area contributed by atoms with Crippen LogP contribution in [0, 0.1) is 0 Å². The van der Waals surface area contributed by atoms with Crippen LogP contribution in [0.5, 0.6) is 5.75 Å². The summed E-state index contributed by atoms with van der Waals surface area (Å²) in [6.07, 6.45) is 1.58. The van der Waals surface area contributed by atoms with Crippen LogP contribution < -0.4 is 10.1 Å². The van der Waals surface area contributed by atoms with Gasteiger partial charge >= 0.3 is 5.97 Å². The van der Waals surface area contributed by atoms with Crippen molar-refractivity contribution in [1.29, 1.82) is 0 Å². The molecule has 9 heteroatoms. The second-order valence-electron chi connectivity index (χ2n) is 6.01. The average Bonchev–Trinajstić information content (AvgIpc) is 3.04. The lowest BCUT2D eigenvalue weighted by molar-refractivity contribution is -0.137. The topological polar surface area (TPSA) is 123 Å². The molecule has 0 radical (unpaired) electrons. The van der Waals surface area contributed by atoms with E-state index in [1.807, 2.05) is 0 Å². The monoisotopic (exact) mass is 395 g/mol. The van der Waals surface area contributed by atoms with E-state index in [4.69, 9.17) is 14.3 Å². The molecule has 2 N–H and O–H groups in total. The number of hydrogen-bond donors (Lipinski definition) is 2. The van der Waals surface area contributed by atoms with Crippen LogP contribution in [0.15, 0.2) is 40.8 Å². The Bertz CT molecular complexity index is 885. The number of nitrogens with one attached hydrogen (secondary N) is 1. The van der Waals surface area contributed by atoms with E-state index in [2.05, 4.69) is 5.32 Å². The molecular weight excluding hydrogens is 374 g/mol. The molecule has 2 rings (SSSR count). The van der Waals surface area contributed by atoms with Crippen molar-refractivity contribution in [3.63, 3.8) is 0 Å². The summed E-state index contributed by atoms with van der Waals surface area (Å²) in [7, 11) is -3.23. The van der Waals surface area contributed by atoms with Gasteiger partial charge in [-0.15, -0.1) is 0 Å². The summed E-state index contributed by atoms with van der Waals surface area (Å²) in [6, 6.07) is 9.93. The van der Waals surface area contributed by atoms with Crippen molar-refractivity contribution in [3.8, 4) is 5.75 Å². The van der Waals surface area contributed by atoms with E-state index in [9.17, 15) is 18.0 Å². The number of rotatable bonds is 10. The molecule has 0 fully saturated rings. The first-order valence-corrected chi connectivity index (χ1v) is 10.3. The molecule has 27 heavy (non-hydrogen) atoms. The Hall–Kier alpha value is -2.81. The van der Waals surface area contributed by atoms with Gasteiger partial charge in [-0.1, -0.05) is 12.1 Å². The lowest BCUT2D eigenvalue weighted by Gasteiger charge is -2.07. The molecule has 1 aromatic carbocycles. The summed E-state index contributed by atoms with van der Waals surface area (Å²) in [5.74, 6) is -0.673. The zero-order valence-electron chi connectivity index (χ0n) is 14.8. The number of sulfone groups is 1. The van der Waals surface area contributed by atoms with E-state index in [1.54, 1.807) is 24.3 Å². The van der Waals surface area contributed by atoms with Gasteiger partial charge in [0.05, 0.1) is 6.61 Å². The molecule has 0 bridgehead atoms. The number of carboxylic acids is 1. The third-order valence-electron chi connectivity index (χ3n) is 3.47. The fraction of sp³-hybridized carbons (Fsp3) is 0.333. The molecule has 0 aliphatic heterocycles. The molecular formula is C18H21NO7S. The van der Waals surface area contributed by atoms with Crippen molar-refractivity contribution in [2.45, 2.75) is 25.1 Å². The Kier molecular flexibility index (Phi) is 7.00. The van der Waals surface area contributed by atoms with Gasteiger partial charge in [-0.3, -0.25) is 9.59 Å². The van der Waals surface area contributed by atoms with Gasteiger partial charge < -0.3 is 19.6 Å². The maximum absolute atomic E-state index is 12.1. The molecule has 0 spiro atoms. The Morgan fingerprint density at radius 2 is 1.85 bits per heavy atom. The van der Waals surface area contributed by atoms with Gasteiger partial charge in [-0.2, -0.15) is 0 Å². The van der Waals surface area contributed by atoms with Crippen LogP contribution in [0.4, 0.5) is 0 Å². The van der Waals surface area contributed by atoms with E-state index in [-0.39, 0.29) is 30.2 Å². The number of amides is 1. The van der Waals surface area contributed by atoms with E-state index in [0.717, 1.165) is 11.8 Å². The molecule has 0 saturated carbocycles. The zero-order chi connectivity index (χ0) is 19.9. The quantitative estimate of drug-likeness (QED) is 0.590. The second-order valence-corrected chi connectivity index (χ2v) is 8.15. The van der Waals surface area contributed by atoms with Gasteiger partial charge in [0.15, 0.2) is 15.6 Å². The summed E-state index contributed by atoms with van der Waals surface area (Å²) in [5, 5.41) is 11.2. The van der Waals surface area contributed by atoms with Crippen LogP contribution in [0.25, 0.3) is 0 Å². The highest BCUT2D eigenvalue weighted by atomic mass is 32.2. The number of carboxylic acid groups (broad SMARTS) is 1. The number of benzene rings is 1. The Balaban J connectivity index is 1.80. The maximum atomic E-state index is 12.1. The summed E-state index contributed by atoms with van der Waals surface area (Å²) in [4.78, 5) is 22.5. The SMILES string of the molecule is CS(=O)(=O)Cc1ccc(C(=O)NCc2ccc(OCCCC(=O)O)cc2)o1. The first-order valence-electron chi connectivity index (χ1n) is 8.21. The molecule has 1 amide bonds. The van der Waals surface area contributed by atoms with E-state index in [1.165, 1.54) is 12.1 Å². The van der Waals surface area contributed by atoms with Crippen molar-refractivity contribution < 1.29 is 32.3 Å². The summed E-state index contributed by atoms with van der Waals surface area (Å²) < 4.78 is 33.1. The van der Waals surface area contributed by atoms with Crippen molar-refractivity contribution in [1.82, 2.24) is 5.32 Å². The number of aliphatic carboxylic acids is 1. The van der Waals surface area contributed by atoms with Crippen LogP contribution in [-0.4, -0.2) is 38.3 Å². The normalized spacial score (nSPS) is 11.1. The van der Waals surface area contributed by atoms with Crippen LogP contribution in [0.2, 0.25) is 0 Å². The minimum atomic E-state index is -3.23. The Morgan fingerprint density at radius 1 is 1.15 bits per heavy atom. The van der Waals surface area contributed by atoms with Crippen LogP contribution in [-0.2, 0) is 26.9 Å². The molecule has 1 heterocycles. The Labute approximate surface area is 157 Å². The molecule has 8 nitrogen and oxygen atoms in total. The molecule has 0 aliphatic rings. The molecule has 0 aliphatic carbocycles. The highest BCUT2D eigenvalue weighted by Gasteiger charge is 2.14. The molecule has 1 aromatic heterocycles. The van der Waals surface area contributed by atoms with Crippen molar-refractivity contribution in [3.05, 3.63) is 53.5 Å². The van der Waals surface area contributed by atoms with Gasteiger partial charge in [0.25, 0.3) is 5.91 Å². The molecule has 0 atom stereocenters. The smallest absolute Gasteiger partial charge is 0.303 e. The predicted octanol–water partition coefficient (Wildman–Crippen LogP) is 2.00. The van der Waals surface area contributed by atoms with Gasteiger partial charge in [-0.25, -0.2) is 8.42 Å². The zero-order valence-corrected chi connectivity index (χ0v) is 15.6. The fourth-order valence-corrected chi connectivity index (χ4v) is 2.89. The fourth-order valence-electron chi connectivity index (χ4n) is 2.22. The van der Waals surface area contributed by atoms with Gasteiger partial charge in [-0.05, 0) is 36.2 Å². The predicted molar refractivity (Wildman–Crippen MR) is 97.2 cm³/mol.